The van der Waals surface area contributed by atoms with Crippen molar-refractivity contribution >= 4 is 5.95 Å². The Labute approximate surface area is 96.6 Å². The van der Waals surface area contributed by atoms with E-state index >= 15 is 0 Å². The standard InChI is InChI=1S/C11H20N4O/c1-3-12-7-5-8-13-11-14-9-6-10(15-11)16-4-2/h6,9,12H,3-5,7-8H2,1-2H3,(H,13,14,15). The molecule has 0 spiro atoms. The molecule has 0 aromatic carbocycles. The smallest absolute Gasteiger partial charge is 0.225 e. The number of hydrogen-bond donors (Lipinski definition) is 2. The summed E-state index contributed by atoms with van der Waals surface area (Å²) in [6, 6.07) is 1.76. The molecule has 0 radical (unpaired) electrons. The van der Waals surface area contributed by atoms with E-state index < -0.39 is 0 Å². The summed E-state index contributed by atoms with van der Waals surface area (Å²) in [6.07, 6.45) is 2.75. The summed E-state index contributed by atoms with van der Waals surface area (Å²) in [5, 5.41) is 6.42. The van der Waals surface area contributed by atoms with Crippen LogP contribution in [-0.2, 0) is 0 Å². The molecule has 1 aromatic heterocycles. The molecule has 0 amide bonds. The van der Waals surface area contributed by atoms with Crippen LogP contribution in [0.3, 0.4) is 0 Å². The van der Waals surface area contributed by atoms with Gasteiger partial charge in [-0.05, 0) is 26.4 Å². The second-order valence-electron chi connectivity index (χ2n) is 3.29. The molecule has 2 N–H and O–H groups in total. The van der Waals surface area contributed by atoms with Crippen molar-refractivity contribution in [1.29, 1.82) is 0 Å². The minimum absolute atomic E-state index is 0.617. The van der Waals surface area contributed by atoms with Gasteiger partial charge in [-0.2, -0.15) is 4.98 Å². The lowest BCUT2D eigenvalue weighted by Gasteiger charge is -2.06. The lowest BCUT2D eigenvalue weighted by atomic mass is 10.4. The van der Waals surface area contributed by atoms with E-state index in [0.29, 0.717) is 18.4 Å². The molecule has 0 fully saturated rings. The first-order valence-corrected chi connectivity index (χ1v) is 5.77. The van der Waals surface area contributed by atoms with Crippen molar-refractivity contribution in [3.63, 3.8) is 0 Å². The molecule has 0 aliphatic heterocycles. The maximum Gasteiger partial charge on any atom is 0.225 e. The van der Waals surface area contributed by atoms with Crippen LogP contribution in [0.15, 0.2) is 12.3 Å². The maximum absolute atomic E-state index is 5.29. The highest BCUT2D eigenvalue weighted by atomic mass is 16.5. The molecule has 1 heterocycles. The van der Waals surface area contributed by atoms with Crippen molar-refractivity contribution < 1.29 is 4.74 Å². The zero-order chi connectivity index (χ0) is 11.6. The highest BCUT2D eigenvalue weighted by Crippen LogP contribution is 2.07. The van der Waals surface area contributed by atoms with Crippen molar-refractivity contribution in [3.05, 3.63) is 12.3 Å². The summed E-state index contributed by atoms with van der Waals surface area (Å²) < 4.78 is 5.29. The van der Waals surface area contributed by atoms with Gasteiger partial charge in [0.05, 0.1) is 6.61 Å². The number of ether oxygens (including phenoxy) is 1. The van der Waals surface area contributed by atoms with E-state index in [1.807, 2.05) is 6.92 Å². The highest BCUT2D eigenvalue weighted by Gasteiger charge is 1.98. The fourth-order valence-corrected chi connectivity index (χ4v) is 1.25. The van der Waals surface area contributed by atoms with Gasteiger partial charge in [-0.3, -0.25) is 0 Å². The Balaban J connectivity index is 2.27. The minimum atomic E-state index is 0.617. The molecule has 1 rings (SSSR count). The first-order chi connectivity index (χ1) is 7.86. The molecule has 16 heavy (non-hydrogen) atoms. The molecule has 90 valence electrons. The summed E-state index contributed by atoms with van der Waals surface area (Å²) in [4.78, 5) is 8.33. The van der Waals surface area contributed by atoms with Crippen molar-refractivity contribution in [2.75, 3.05) is 31.6 Å². The Hall–Kier alpha value is -1.36. The number of aromatic nitrogens is 2. The molecular formula is C11H20N4O. The van der Waals surface area contributed by atoms with E-state index in [-0.39, 0.29) is 0 Å². The Kier molecular flexibility index (Phi) is 6.25. The van der Waals surface area contributed by atoms with Crippen molar-refractivity contribution in [2.45, 2.75) is 20.3 Å². The summed E-state index contributed by atoms with van der Waals surface area (Å²) >= 11 is 0. The van der Waals surface area contributed by atoms with Crippen molar-refractivity contribution in [2.24, 2.45) is 0 Å². The molecule has 1 aromatic rings. The zero-order valence-electron chi connectivity index (χ0n) is 9.99. The molecule has 0 saturated heterocycles. The molecule has 0 aliphatic rings. The molecule has 0 bridgehead atoms. The molecule has 5 heteroatoms. The van der Waals surface area contributed by atoms with Gasteiger partial charge >= 0.3 is 0 Å². The monoisotopic (exact) mass is 224 g/mol. The first-order valence-electron chi connectivity index (χ1n) is 5.77. The highest BCUT2D eigenvalue weighted by molar-refractivity contribution is 5.27. The van der Waals surface area contributed by atoms with Gasteiger partial charge in [-0.15, -0.1) is 0 Å². The van der Waals surface area contributed by atoms with Crippen molar-refractivity contribution in [1.82, 2.24) is 15.3 Å². The third-order valence-corrected chi connectivity index (χ3v) is 1.99. The first kappa shape index (κ1) is 12.7. The summed E-state index contributed by atoms with van der Waals surface area (Å²) in [6.45, 7) is 7.54. The van der Waals surface area contributed by atoms with Crippen LogP contribution in [0.5, 0.6) is 5.88 Å². The van der Waals surface area contributed by atoms with Gasteiger partial charge in [0, 0.05) is 18.8 Å². The quantitative estimate of drug-likeness (QED) is 0.652. The Morgan fingerprint density at radius 3 is 2.94 bits per heavy atom. The van der Waals surface area contributed by atoms with E-state index in [1.54, 1.807) is 12.3 Å². The number of nitrogens with zero attached hydrogens (tertiary/aromatic N) is 2. The van der Waals surface area contributed by atoms with E-state index in [4.69, 9.17) is 4.74 Å². The van der Waals surface area contributed by atoms with Gasteiger partial charge in [-0.25, -0.2) is 4.98 Å². The van der Waals surface area contributed by atoms with E-state index in [1.165, 1.54) is 0 Å². The van der Waals surface area contributed by atoms with Crippen molar-refractivity contribution in [3.8, 4) is 5.88 Å². The number of nitrogens with one attached hydrogen (secondary N) is 2. The third-order valence-electron chi connectivity index (χ3n) is 1.99. The van der Waals surface area contributed by atoms with Crippen LogP contribution in [0, 0.1) is 0 Å². The second-order valence-corrected chi connectivity index (χ2v) is 3.29. The van der Waals surface area contributed by atoms with Crippen LogP contribution in [0.25, 0.3) is 0 Å². The SMILES string of the molecule is CCNCCCNc1nccc(OCC)n1. The fourth-order valence-electron chi connectivity index (χ4n) is 1.25. The van der Waals surface area contributed by atoms with E-state index in [9.17, 15) is 0 Å². The summed E-state index contributed by atoms with van der Waals surface area (Å²) in [5.74, 6) is 1.24. The Bertz CT molecular complexity index is 293. The number of rotatable bonds is 8. The molecule has 0 aliphatic carbocycles. The maximum atomic E-state index is 5.29. The normalized spacial score (nSPS) is 10.1. The van der Waals surface area contributed by atoms with Gasteiger partial charge < -0.3 is 15.4 Å². The van der Waals surface area contributed by atoms with Crippen LogP contribution < -0.4 is 15.4 Å². The summed E-state index contributed by atoms with van der Waals surface area (Å²) in [5.41, 5.74) is 0. The summed E-state index contributed by atoms with van der Waals surface area (Å²) in [7, 11) is 0. The number of hydrogen-bond acceptors (Lipinski definition) is 5. The van der Waals surface area contributed by atoms with Crippen LogP contribution in [-0.4, -0.2) is 36.2 Å². The van der Waals surface area contributed by atoms with E-state index in [0.717, 1.165) is 26.1 Å². The van der Waals surface area contributed by atoms with Crippen LogP contribution in [0.4, 0.5) is 5.95 Å². The van der Waals surface area contributed by atoms with Gasteiger partial charge in [-0.1, -0.05) is 6.92 Å². The number of anilines is 1. The Morgan fingerprint density at radius 1 is 1.31 bits per heavy atom. The largest absolute Gasteiger partial charge is 0.478 e. The van der Waals surface area contributed by atoms with Gasteiger partial charge in [0.15, 0.2) is 0 Å². The van der Waals surface area contributed by atoms with Crippen LogP contribution in [0.2, 0.25) is 0 Å². The predicted molar refractivity (Wildman–Crippen MR) is 64.9 cm³/mol. The van der Waals surface area contributed by atoms with E-state index in [2.05, 4.69) is 27.5 Å². The van der Waals surface area contributed by atoms with Gasteiger partial charge in [0.25, 0.3) is 0 Å². The van der Waals surface area contributed by atoms with Crippen LogP contribution in [0.1, 0.15) is 20.3 Å². The average molecular weight is 224 g/mol. The molecular weight excluding hydrogens is 204 g/mol. The molecule has 0 atom stereocenters. The molecule has 5 nitrogen and oxygen atoms in total. The van der Waals surface area contributed by atoms with Crippen LogP contribution >= 0.6 is 0 Å². The lowest BCUT2D eigenvalue weighted by molar-refractivity contribution is 0.326. The fraction of sp³-hybridized carbons (Fsp3) is 0.636. The minimum Gasteiger partial charge on any atom is -0.478 e. The second kappa shape index (κ2) is 7.87. The van der Waals surface area contributed by atoms with Gasteiger partial charge in [0.2, 0.25) is 11.8 Å². The van der Waals surface area contributed by atoms with Gasteiger partial charge in [0.1, 0.15) is 0 Å². The third kappa shape index (κ3) is 4.93. The average Bonchev–Trinajstić information content (AvgIpc) is 2.30. The predicted octanol–water partition coefficient (Wildman–Crippen LogP) is 1.29. The zero-order valence-corrected chi connectivity index (χ0v) is 9.99. The molecule has 0 saturated carbocycles. The molecule has 0 unspecified atom stereocenters. The Morgan fingerprint density at radius 2 is 2.19 bits per heavy atom. The topological polar surface area (TPSA) is 59.1 Å². The lowest BCUT2D eigenvalue weighted by Crippen LogP contribution is -2.17.